The summed E-state index contributed by atoms with van der Waals surface area (Å²) in [5.41, 5.74) is 0.327. The zero-order valence-corrected chi connectivity index (χ0v) is 15.2. The van der Waals surface area contributed by atoms with E-state index in [9.17, 15) is 24.9 Å². The van der Waals surface area contributed by atoms with Gasteiger partial charge in [-0.25, -0.2) is 14.2 Å². The Morgan fingerprint density at radius 1 is 1.30 bits per heavy atom. The number of hydrogen-bond donors (Lipinski definition) is 3. The molecule has 3 N–H and O–H groups in total. The molecule has 1 aliphatic heterocycles. The molecule has 9 nitrogen and oxygen atoms in total. The van der Waals surface area contributed by atoms with Gasteiger partial charge in [0.25, 0.3) is 0 Å². The van der Waals surface area contributed by atoms with Crippen molar-refractivity contribution in [1.29, 1.82) is 0 Å². The first kappa shape index (κ1) is 19.7. The number of nitrogens with zero attached hydrogens (tertiary/aromatic N) is 3. The molecule has 3 heterocycles. The number of ketones is 1. The van der Waals surface area contributed by atoms with Crippen LogP contribution in [0.3, 0.4) is 0 Å². The maximum absolute atomic E-state index is 12.9. The van der Waals surface area contributed by atoms with Crippen molar-refractivity contribution in [2.24, 2.45) is 0 Å². The summed E-state index contributed by atoms with van der Waals surface area (Å²) in [6.07, 6.45) is 1.52. The molecule has 2 aromatic heterocycles. The van der Waals surface area contributed by atoms with Gasteiger partial charge in [-0.3, -0.25) is 9.36 Å². The average Bonchev–Trinajstić information content (AvgIpc) is 3.18. The van der Waals surface area contributed by atoms with Crippen molar-refractivity contribution in [3.05, 3.63) is 34.6 Å². The second kappa shape index (κ2) is 8.30. The number of aliphatic hydroxyl groups is 3. The second-order valence-electron chi connectivity index (χ2n) is 6.85. The Hall–Kier alpha value is -2.07. The molecule has 1 saturated heterocycles. The Labute approximate surface area is 155 Å². The highest BCUT2D eigenvalue weighted by Crippen LogP contribution is 2.28. The van der Waals surface area contributed by atoms with Crippen LogP contribution in [-0.2, 0) is 16.0 Å². The number of hydrogen-bond acceptors (Lipinski definition) is 7. The van der Waals surface area contributed by atoms with Crippen LogP contribution in [0.2, 0.25) is 0 Å². The van der Waals surface area contributed by atoms with Crippen molar-refractivity contribution in [1.82, 2.24) is 14.0 Å². The first-order valence-corrected chi connectivity index (χ1v) is 9.19. The quantitative estimate of drug-likeness (QED) is 0.542. The van der Waals surface area contributed by atoms with Crippen LogP contribution in [0, 0.1) is 0 Å². The summed E-state index contributed by atoms with van der Waals surface area (Å²) in [5.74, 6) is 0.0352. The number of carbonyl (C=O) groups excluding carboxylic acids is 1. The lowest BCUT2D eigenvalue weighted by molar-refractivity contribution is -0.118. The normalized spacial score (nSPS) is 25.3. The summed E-state index contributed by atoms with van der Waals surface area (Å²) in [4.78, 5) is 29.3. The summed E-state index contributed by atoms with van der Waals surface area (Å²) in [6, 6.07) is 1.57. The van der Waals surface area contributed by atoms with E-state index in [2.05, 4.69) is 11.9 Å². The molecular weight excluding hydrogens is 354 g/mol. The van der Waals surface area contributed by atoms with Gasteiger partial charge in [-0.2, -0.15) is 0 Å². The number of aromatic nitrogens is 3. The fourth-order valence-corrected chi connectivity index (χ4v) is 3.36. The molecule has 0 unspecified atom stereocenters. The van der Waals surface area contributed by atoms with E-state index in [1.54, 1.807) is 6.07 Å². The van der Waals surface area contributed by atoms with Crippen molar-refractivity contribution in [2.75, 3.05) is 6.61 Å². The van der Waals surface area contributed by atoms with Crippen LogP contribution >= 0.6 is 0 Å². The molecule has 148 valence electrons. The van der Waals surface area contributed by atoms with E-state index >= 15 is 0 Å². The van der Waals surface area contributed by atoms with Gasteiger partial charge in [-0.15, -0.1) is 0 Å². The SMILES string of the molecule is CCCCCC(=O)Cc1cnc2ccn([C@@H]3O[C@H](CO)[C@@H](O)[C@H]3O)c(=O)n12. The van der Waals surface area contributed by atoms with Crippen LogP contribution in [0.1, 0.15) is 44.5 Å². The molecule has 0 radical (unpaired) electrons. The standard InChI is InChI=1S/C18H25N3O6/c1-2-3-4-5-12(23)8-11-9-19-14-6-7-20(18(26)21(11)14)17-16(25)15(24)13(10-22)27-17/h6-7,9,13,15-17,22,24-25H,2-5,8,10H2,1H3/t13-,15-,16-,17-/m1/s1. The molecule has 0 aliphatic carbocycles. The fourth-order valence-electron chi connectivity index (χ4n) is 3.36. The van der Waals surface area contributed by atoms with Gasteiger partial charge in [0.15, 0.2) is 6.23 Å². The lowest BCUT2D eigenvalue weighted by atomic mass is 10.1. The molecule has 1 aliphatic rings. The number of carbonyl (C=O) groups is 1. The zero-order valence-electron chi connectivity index (χ0n) is 15.2. The van der Waals surface area contributed by atoms with Crippen molar-refractivity contribution in [3.8, 4) is 0 Å². The van der Waals surface area contributed by atoms with Crippen molar-refractivity contribution < 1.29 is 24.9 Å². The number of ether oxygens (including phenoxy) is 1. The highest BCUT2D eigenvalue weighted by atomic mass is 16.6. The predicted octanol–water partition coefficient (Wildman–Crippen LogP) is -0.201. The van der Waals surface area contributed by atoms with Crippen molar-refractivity contribution >= 4 is 11.4 Å². The Morgan fingerprint density at radius 3 is 2.74 bits per heavy atom. The van der Waals surface area contributed by atoms with E-state index in [0.29, 0.717) is 17.8 Å². The van der Waals surface area contributed by atoms with E-state index in [1.807, 2.05) is 0 Å². The summed E-state index contributed by atoms with van der Waals surface area (Å²) in [5, 5.41) is 29.3. The number of rotatable bonds is 8. The molecule has 3 rings (SSSR count). The Balaban J connectivity index is 1.88. The Kier molecular flexibility index (Phi) is 6.05. The number of Topliss-reactive ketones (excluding diaryl/α,β-unsaturated/α-hetero) is 1. The minimum atomic E-state index is -1.36. The second-order valence-corrected chi connectivity index (χ2v) is 6.85. The Morgan fingerprint density at radius 2 is 2.07 bits per heavy atom. The molecule has 0 aromatic carbocycles. The summed E-state index contributed by atoms with van der Waals surface area (Å²) in [6.45, 7) is 1.59. The highest BCUT2D eigenvalue weighted by molar-refractivity contribution is 5.80. The predicted molar refractivity (Wildman–Crippen MR) is 95.3 cm³/mol. The van der Waals surface area contributed by atoms with Crippen LogP contribution in [0.4, 0.5) is 0 Å². The lowest BCUT2D eigenvalue weighted by Gasteiger charge is -2.18. The minimum Gasteiger partial charge on any atom is -0.394 e. The van der Waals surface area contributed by atoms with Gasteiger partial charge >= 0.3 is 5.69 Å². The number of unbranched alkanes of at least 4 members (excludes halogenated alkanes) is 2. The third-order valence-corrected chi connectivity index (χ3v) is 4.89. The monoisotopic (exact) mass is 379 g/mol. The van der Waals surface area contributed by atoms with Crippen molar-refractivity contribution in [3.63, 3.8) is 0 Å². The van der Waals surface area contributed by atoms with Crippen molar-refractivity contribution in [2.45, 2.75) is 63.6 Å². The maximum Gasteiger partial charge on any atom is 0.336 e. The van der Waals surface area contributed by atoms with Crippen LogP contribution in [-0.4, -0.2) is 60.0 Å². The number of aliphatic hydroxyl groups excluding tert-OH is 3. The van der Waals surface area contributed by atoms with Gasteiger partial charge in [0.2, 0.25) is 0 Å². The van der Waals surface area contributed by atoms with Crippen LogP contribution < -0.4 is 5.69 Å². The average molecular weight is 379 g/mol. The number of fused-ring (bicyclic) bond motifs is 1. The molecule has 0 spiro atoms. The topological polar surface area (TPSA) is 126 Å². The minimum absolute atomic E-state index is 0.0352. The molecule has 4 atom stereocenters. The van der Waals surface area contributed by atoms with Crippen LogP contribution in [0.25, 0.3) is 5.65 Å². The zero-order chi connectivity index (χ0) is 19.6. The van der Waals surface area contributed by atoms with E-state index < -0.39 is 36.8 Å². The maximum atomic E-state index is 12.9. The third kappa shape index (κ3) is 3.81. The molecule has 2 aromatic rings. The summed E-state index contributed by atoms with van der Waals surface area (Å²) < 4.78 is 7.88. The molecule has 0 saturated carbocycles. The molecule has 0 amide bonds. The molecule has 9 heteroatoms. The van der Waals surface area contributed by atoms with Gasteiger partial charge in [0.05, 0.1) is 12.3 Å². The van der Waals surface area contributed by atoms with Gasteiger partial charge in [-0.05, 0) is 12.5 Å². The molecule has 27 heavy (non-hydrogen) atoms. The molecule has 0 bridgehead atoms. The third-order valence-electron chi connectivity index (χ3n) is 4.89. The van der Waals surface area contributed by atoms with E-state index in [-0.39, 0.29) is 12.2 Å². The lowest BCUT2D eigenvalue weighted by Crippen LogP contribution is -2.37. The van der Waals surface area contributed by atoms with Gasteiger partial charge < -0.3 is 20.1 Å². The smallest absolute Gasteiger partial charge is 0.336 e. The first-order chi connectivity index (χ1) is 13.0. The summed E-state index contributed by atoms with van der Waals surface area (Å²) >= 11 is 0. The fraction of sp³-hybridized carbons (Fsp3) is 0.611. The van der Waals surface area contributed by atoms with Gasteiger partial charge in [0.1, 0.15) is 29.7 Å². The van der Waals surface area contributed by atoms with Crippen LogP contribution in [0.5, 0.6) is 0 Å². The molecular formula is C18H25N3O6. The highest BCUT2D eigenvalue weighted by Gasteiger charge is 2.43. The Bertz CT molecular complexity index is 860. The van der Waals surface area contributed by atoms with E-state index in [4.69, 9.17) is 4.74 Å². The van der Waals surface area contributed by atoms with E-state index in [0.717, 1.165) is 23.8 Å². The summed E-state index contributed by atoms with van der Waals surface area (Å²) in [7, 11) is 0. The van der Waals surface area contributed by atoms with Gasteiger partial charge in [0, 0.05) is 25.2 Å². The van der Waals surface area contributed by atoms with E-state index in [1.165, 1.54) is 16.8 Å². The first-order valence-electron chi connectivity index (χ1n) is 9.19. The van der Waals surface area contributed by atoms with Crippen LogP contribution in [0.15, 0.2) is 23.3 Å². The number of imidazole rings is 1. The largest absolute Gasteiger partial charge is 0.394 e. The van der Waals surface area contributed by atoms with Gasteiger partial charge in [-0.1, -0.05) is 19.8 Å². The molecule has 1 fully saturated rings.